The Bertz CT molecular complexity index is 726. The van der Waals surface area contributed by atoms with Crippen molar-refractivity contribution in [3.8, 4) is 0 Å². The van der Waals surface area contributed by atoms with Gasteiger partial charge >= 0.3 is 0 Å². The summed E-state index contributed by atoms with van der Waals surface area (Å²) in [6.45, 7) is 8.18. The first-order valence-corrected chi connectivity index (χ1v) is 8.68. The van der Waals surface area contributed by atoms with Gasteiger partial charge in [0.05, 0.1) is 5.69 Å². The fraction of sp³-hybridized carbons (Fsp3) is 0.444. The smallest absolute Gasteiger partial charge is 0.249 e. The fourth-order valence-corrected chi connectivity index (χ4v) is 2.71. The van der Waals surface area contributed by atoms with Gasteiger partial charge in [0.25, 0.3) is 0 Å². The molecule has 5 nitrogen and oxygen atoms in total. The summed E-state index contributed by atoms with van der Waals surface area (Å²) in [7, 11) is 1.81. The van der Waals surface area contributed by atoms with Gasteiger partial charge in [0, 0.05) is 17.6 Å². The second-order valence-corrected chi connectivity index (χ2v) is 8.46. The number of nitrogens with one attached hydrogen (secondary N) is 1. The Morgan fingerprint density at radius 3 is 2.38 bits per heavy atom. The van der Waals surface area contributed by atoms with Crippen LogP contribution in [-0.4, -0.2) is 15.7 Å². The molecule has 0 radical (unpaired) electrons. The molecule has 24 heavy (non-hydrogen) atoms. The minimum Gasteiger partial charge on any atom is -0.314 e. The summed E-state index contributed by atoms with van der Waals surface area (Å²) in [6.07, 6.45) is 0.837. The highest BCUT2D eigenvalue weighted by molar-refractivity contribution is 9.10. The Balaban J connectivity index is 2.18. The molecule has 0 aliphatic carbocycles. The minimum absolute atomic E-state index is 0.134. The molecule has 0 saturated carbocycles. The largest absolute Gasteiger partial charge is 0.314 e. The van der Waals surface area contributed by atoms with Crippen molar-refractivity contribution in [3.63, 3.8) is 0 Å². The molecule has 0 spiro atoms. The molecule has 1 aromatic carbocycles. The minimum atomic E-state index is -1.13. The summed E-state index contributed by atoms with van der Waals surface area (Å²) < 4.78 is 2.62. The molecule has 1 heterocycles. The fourth-order valence-electron chi connectivity index (χ4n) is 2.45. The van der Waals surface area contributed by atoms with Gasteiger partial charge in [0.15, 0.2) is 0 Å². The highest BCUT2D eigenvalue weighted by Crippen LogP contribution is 2.24. The Labute approximate surface area is 151 Å². The zero-order valence-corrected chi connectivity index (χ0v) is 16.4. The highest BCUT2D eigenvalue weighted by Gasteiger charge is 2.31. The monoisotopic (exact) mass is 392 g/mol. The van der Waals surface area contributed by atoms with Crippen molar-refractivity contribution in [2.24, 2.45) is 18.2 Å². The number of nitrogens with two attached hydrogens (primary N) is 1. The third-order valence-corrected chi connectivity index (χ3v) is 4.33. The number of carbonyl (C=O) groups is 1. The van der Waals surface area contributed by atoms with E-state index in [4.69, 9.17) is 5.73 Å². The lowest BCUT2D eigenvalue weighted by Gasteiger charge is -2.24. The number of nitrogens with zero attached hydrogens (tertiary/aromatic N) is 2. The Kier molecular flexibility index (Phi) is 5.20. The number of carbonyl (C=O) groups excluding carboxylic acids is 1. The number of aromatic nitrogens is 2. The molecule has 1 atom stereocenters. The Morgan fingerprint density at radius 2 is 1.83 bits per heavy atom. The Morgan fingerprint density at radius 1 is 1.25 bits per heavy atom. The van der Waals surface area contributed by atoms with Crippen molar-refractivity contribution in [2.75, 3.05) is 5.32 Å². The molecule has 2 aromatic rings. The van der Waals surface area contributed by atoms with Crippen LogP contribution in [0.5, 0.6) is 0 Å². The van der Waals surface area contributed by atoms with Crippen molar-refractivity contribution >= 4 is 27.7 Å². The predicted molar refractivity (Wildman–Crippen MR) is 101 cm³/mol. The van der Waals surface area contributed by atoms with Crippen molar-refractivity contribution in [1.29, 1.82) is 0 Å². The van der Waals surface area contributed by atoms with Crippen LogP contribution in [0, 0.1) is 5.41 Å². The number of amides is 1. The van der Waals surface area contributed by atoms with E-state index < -0.39 is 5.54 Å². The van der Waals surface area contributed by atoms with Crippen LogP contribution in [0.25, 0.3) is 0 Å². The number of hydrogen-bond acceptors (Lipinski definition) is 3. The van der Waals surface area contributed by atoms with E-state index >= 15 is 0 Å². The topological polar surface area (TPSA) is 72.9 Å². The van der Waals surface area contributed by atoms with E-state index in [-0.39, 0.29) is 11.3 Å². The number of rotatable bonds is 4. The quantitative estimate of drug-likeness (QED) is 0.834. The SMILES string of the molecule is Cn1nc(CC(C)(C)C)cc1NC(=O)C(C)(N)c1ccc(Br)cc1. The van der Waals surface area contributed by atoms with E-state index in [1.54, 1.807) is 11.6 Å². The van der Waals surface area contributed by atoms with Gasteiger partial charge in [-0.25, -0.2) is 0 Å². The summed E-state index contributed by atoms with van der Waals surface area (Å²) >= 11 is 3.39. The maximum atomic E-state index is 12.7. The van der Waals surface area contributed by atoms with Gasteiger partial charge in [-0.2, -0.15) is 5.10 Å². The average Bonchev–Trinajstić information content (AvgIpc) is 2.76. The van der Waals surface area contributed by atoms with E-state index in [1.165, 1.54) is 0 Å². The molecule has 1 unspecified atom stereocenters. The first-order valence-electron chi connectivity index (χ1n) is 7.88. The van der Waals surface area contributed by atoms with E-state index in [1.807, 2.05) is 37.4 Å². The molecule has 3 N–H and O–H groups in total. The third-order valence-electron chi connectivity index (χ3n) is 3.80. The summed E-state index contributed by atoms with van der Waals surface area (Å²) in [4.78, 5) is 12.7. The van der Waals surface area contributed by atoms with Crippen LogP contribution < -0.4 is 11.1 Å². The second-order valence-electron chi connectivity index (χ2n) is 7.55. The zero-order chi connectivity index (χ0) is 18.1. The van der Waals surface area contributed by atoms with Crippen molar-refractivity contribution in [2.45, 2.75) is 39.7 Å². The van der Waals surface area contributed by atoms with Gasteiger partial charge in [0.1, 0.15) is 11.4 Å². The zero-order valence-electron chi connectivity index (χ0n) is 14.9. The molecule has 2 rings (SSSR count). The summed E-state index contributed by atoms with van der Waals surface area (Å²) in [5, 5.41) is 7.36. The second kappa shape index (κ2) is 6.69. The average molecular weight is 393 g/mol. The molecule has 1 amide bonds. The lowest BCUT2D eigenvalue weighted by Crippen LogP contribution is -2.45. The molecule has 0 aliphatic heterocycles. The van der Waals surface area contributed by atoms with Crippen LogP contribution in [-0.2, 0) is 23.8 Å². The standard InChI is InChI=1S/C18H25BrN4O/c1-17(2,3)11-14-10-15(23(5)22-14)21-16(24)18(4,20)12-6-8-13(19)9-7-12/h6-10H,11,20H2,1-5H3,(H,21,24). The van der Waals surface area contributed by atoms with Gasteiger partial charge in [-0.1, -0.05) is 48.8 Å². The van der Waals surface area contributed by atoms with Crippen molar-refractivity contribution in [3.05, 3.63) is 46.1 Å². The molecule has 1 aromatic heterocycles. The predicted octanol–water partition coefficient (Wildman–Crippen LogP) is 3.58. The van der Waals surface area contributed by atoms with E-state index in [0.717, 1.165) is 22.2 Å². The van der Waals surface area contributed by atoms with Crippen LogP contribution in [0.2, 0.25) is 0 Å². The first-order chi connectivity index (χ1) is 11.0. The first kappa shape index (κ1) is 18.7. The van der Waals surface area contributed by atoms with Crippen molar-refractivity contribution < 1.29 is 4.79 Å². The van der Waals surface area contributed by atoms with Crippen LogP contribution in [0.1, 0.15) is 39.0 Å². The molecular formula is C18H25BrN4O. The molecule has 0 fully saturated rings. The number of aryl methyl sites for hydroxylation is 1. The number of benzene rings is 1. The lowest BCUT2D eigenvalue weighted by molar-refractivity contribution is -0.120. The van der Waals surface area contributed by atoms with Crippen LogP contribution in [0.4, 0.5) is 5.82 Å². The van der Waals surface area contributed by atoms with Gasteiger partial charge in [-0.15, -0.1) is 0 Å². The lowest BCUT2D eigenvalue weighted by atomic mass is 9.90. The van der Waals surface area contributed by atoms with Gasteiger partial charge < -0.3 is 11.1 Å². The summed E-state index contributed by atoms with van der Waals surface area (Å²) in [5.74, 6) is 0.378. The van der Waals surface area contributed by atoms with E-state index in [9.17, 15) is 4.79 Å². The van der Waals surface area contributed by atoms with Crippen LogP contribution in [0.3, 0.4) is 0 Å². The normalized spacial score (nSPS) is 14.3. The summed E-state index contributed by atoms with van der Waals surface area (Å²) in [6, 6.07) is 9.34. The highest BCUT2D eigenvalue weighted by atomic mass is 79.9. The molecule has 130 valence electrons. The summed E-state index contributed by atoms with van der Waals surface area (Å²) in [5.41, 5.74) is 6.98. The molecule has 6 heteroatoms. The molecule has 0 bridgehead atoms. The molecular weight excluding hydrogens is 368 g/mol. The third kappa shape index (κ3) is 4.45. The van der Waals surface area contributed by atoms with Crippen molar-refractivity contribution in [1.82, 2.24) is 9.78 Å². The van der Waals surface area contributed by atoms with E-state index in [2.05, 4.69) is 47.1 Å². The van der Waals surface area contributed by atoms with Gasteiger partial charge in [-0.3, -0.25) is 9.48 Å². The number of hydrogen-bond donors (Lipinski definition) is 2. The van der Waals surface area contributed by atoms with Crippen LogP contribution in [0.15, 0.2) is 34.8 Å². The van der Waals surface area contributed by atoms with E-state index in [0.29, 0.717) is 5.82 Å². The maximum Gasteiger partial charge on any atom is 0.249 e. The number of anilines is 1. The Hall–Kier alpha value is -1.66. The maximum absolute atomic E-state index is 12.7. The number of halogens is 1. The molecule has 0 saturated heterocycles. The van der Waals surface area contributed by atoms with Gasteiger partial charge in [-0.05, 0) is 36.5 Å². The van der Waals surface area contributed by atoms with Crippen LogP contribution >= 0.6 is 15.9 Å². The molecule has 0 aliphatic rings. The van der Waals surface area contributed by atoms with Gasteiger partial charge in [0.2, 0.25) is 5.91 Å².